The van der Waals surface area contributed by atoms with Crippen LogP contribution in [0.2, 0.25) is 0 Å². The van der Waals surface area contributed by atoms with Gasteiger partial charge in [-0.15, -0.1) is 0 Å². The van der Waals surface area contributed by atoms with Crippen LogP contribution in [0.3, 0.4) is 0 Å². The second kappa shape index (κ2) is 6.30. The van der Waals surface area contributed by atoms with Gasteiger partial charge in [0.1, 0.15) is 23.2 Å². The van der Waals surface area contributed by atoms with Crippen LogP contribution in [-0.2, 0) is 6.61 Å². The van der Waals surface area contributed by atoms with E-state index >= 15 is 0 Å². The molecule has 29 heavy (non-hydrogen) atoms. The maximum atomic E-state index is 14.8. The number of pyridine rings is 2. The van der Waals surface area contributed by atoms with Crippen molar-refractivity contribution in [1.82, 2.24) is 14.9 Å². The van der Waals surface area contributed by atoms with Gasteiger partial charge in [-0.3, -0.25) is 4.90 Å². The summed E-state index contributed by atoms with van der Waals surface area (Å²) in [4.78, 5) is 24.0. The van der Waals surface area contributed by atoms with E-state index in [4.69, 9.17) is 16.3 Å². The first-order chi connectivity index (χ1) is 13.8. The van der Waals surface area contributed by atoms with E-state index in [0.717, 1.165) is 6.20 Å². The van der Waals surface area contributed by atoms with Crippen LogP contribution in [0.15, 0.2) is 6.20 Å². The van der Waals surface area contributed by atoms with Gasteiger partial charge < -0.3 is 19.8 Å². The van der Waals surface area contributed by atoms with Gasteiger partial charge in [0.15, 0.2) is 0 Å². The first-order valence-corrected chi connectivity index (χ1v) is 9.97. The molecule has 2 bridgehead atoms. The number of alkyl halides is 1. The summed E-state index contributed by atoms with van der Waals surface area (Å²) in [6, 6.07) is -1.13. The Labute approximate surface area is 170 Å². The van der Waals surface area contributed by atoms with Crippen LogP contribution in [-0.4, -0.2) is 60.9 Å². The molecule has 5 heterocycles. The molecule has 0 aliphatic carbocycles. The Hall–Kier alpha value is -2.39. The number of anilines is 1. The fourth-order valence-electron chi connectivity index (χ4n) is 5.24. The predicted octanol–water partition coefficient (Wildman–Crippen LogP) is 2.62. The lowest BCUT2D eigenvalue weighted by Crippen LogP contribution is -2.67. The Bertz CT molecular complexity index is 1040. The Kier molecular flexibility index (Phi) is 4.05. The molecule has 5 unspecified atom stereocenters. The second-order valence-corrected chi connectivity index (χ2v) is 8.26. The predicted molar refractivity (Wildman–Crippen MR) is 103 cm³/mol. The number of aromatic nitrogens is 2. The highest BCUT2D eigenvalue weighted by Gasteiger charge is 2.57. The van der Waals surface area contributed by atoms with E-state index < -0.39 is 35.6 Å². The highest BCUT2D eigenvalue weighted by Crippen LogP contribution is 2.48. The van der Waals surface area contributed by atoms with Gasteiger partial charge in [-0.2, -0.15) is 0 Å². The van der Waals surface area contributed by atoms with Crippen molar-refractivity contribution in [3.05, 3.63) is 23.3 Å². The van der Waals surface area contributed by atoms with Crippen LogP contribution in [0.1, 0.15) is 31.0 Å². The van der Waals surface area contributed by atoms with E-state index in [0.29, 0.717) is 35.3 Å². The van der Waals surface area contributed by atoms with E-state index in [2.05, 4.69) is 9.97 Å². The molecule has 154 valence electrons. The number of aryl methyl sites for hydroxylation is 1. The summed E-state index contributed by atoms with van der Waals surface area (Å²) in [6.07, 6.45) is 0.895. The number of aliphatic hydroxyl groups is 1. The molecule has 2 fully saturated rings. The number of piperazine rings is 1. The monoisotopic (exact) mass is 422 g/mol. The minimum absolute atomic E-state index is 0.210. The van der Waals surface area contributed by atoms with Gasteiger partial charge in [-0.25, -0.2) is 19.2 Å². The molecule has 1 amide bonds. The highest BCUT2D eigenvalue weighted by molar-refractivity contribution is 6.23. The van der Waals surface area contributed by atoms with Crippen molar-refractivity contribution in [2.24, 2.45) is 0 Å². The number of aliphatic hydroxyl groups excluding tert-OH is 1. The molecular formula is C19H20ClFN4O4. The Balaban J connectivity index is 1.81. The molecule has 3 aliphatic heterocycles. The zero-order valence-corrected chi connectivity index (χ0v) is 16.6. The lowest BCUT2D eigenvalue weighted by Gasteiger charge is -2.50. The third-order valence-corrected chi connectivity index (χ3v) is 6.91. The number of hydrogen-bond donors (Lipinski definition) is 2. The van der Waals surface area contributed by atoms with E-state index in [-0.39, 0.29) is 23.9 Å². The number of carboxylic acid groups (broad SMARTS) is 1. The van der Waals surface area contributed by atoms with Gasteiger partial charge in [0.2, 0.25) is 5.88 Å². The van der Waals surface area contributed by atoms with Crippen molar-refractivity contribution < 1.29 is 24.1 Å². The van der Waals surface area contributed by atoms with E-state index in [1.54, 1.807) is 6.92 Å². The number of rotatable bonds is 1. The van der Waals surface area contributed by atoms with Gasteiger partial charge in [0.25, 0.3) is 0 Å². The van der Waals surface area contributed by atoms with Crippen LogP contribution in [0.4, 0.5) is 15.0 Å². The van der Waals surface area contributed by atoms with Crippen molar-refractivity contribution in [2.75, 3.05) is 4.90 Å². The lowest BCUT2D eigenvalue weighted by molar-refractivity contribution is 0.0656. The van der Waals surface area contributed by atoms with Crippen LogP contribution >= 0.6 is 11.6 Å². The van der Waals surface area contributed by atoms with Crippen molar-refractivity contribution in [3.63, 3.8) is 0 Å². The van der Waals surface area contributed by atoms with E-state index in [1.807, 2.05) is 11.8 Å². The van der Waals surface area contributed by atoms with Crippen LogP contribution in [0.25, 0.3) is 10.8 Å². The molecule has 8 nitrogen and oxygen atoms in total. The Morgan fingerprint density at radius 1 is 1.38 bits per heavy atom. The zero-order chi connectivity index (χ0) is 20.6. The molecule has 0 saturated carbocycles. The largest absolute Gasteiger partial charge is 0.472 e. The summed E-state index contributed by atoms with van der Waals surface area (Å²) in [5.41, 5.74) is 0.166. The first-order valence-electron chi connectivity index (χ1n) is 9.54. The average molecular weight is 423 g/mol. The van der Waals surface area contributed by atoms with Gasteiger partial charge in [-0.1, -0.05) is 11.6 Å². The summed E-state index contributed by atoms with van der Waals surface area (Å²) in [6.45, 7) is 3.16. The Morgan fingerprint density at radius 2 is 2.10 bits per heavy atom. The number of carbonyl (C=O) groups is 1. The van der Waals surface area contributed by atoms with Crippen LogP contribution < -0.4 is 9.64 Å². The summed E-state index contributed by atoms with van der Waals surface area (Å²) < 4.78 is 20.9. The molecule has 0 spiro atoms. The van der Waals surface area contributed by atoms with Crippen LogP contribution in [0, 0.1) is 12.7 Å². The number of hydrogen-bond acceptors (Lipinski definition) is 6. The number of amides is 1. The van der Waals surface area contributed by atoms with Gasteiger partial charge in [0.05, 0.1) is 36.3 Å². The minimum Gasteiger partial charge on any atom is -0.472 e. The maximum absolute atomic E-state index is 14.8. The van der Waals surface area contributed by atoms with Crippen molar-refractivity contribution in [3.8, 4) is 5.88 Å². The fraction of sp³-hybridized carbons (Fsp3) is 0.526. The standard InChI is InChI=1S/C19H20ClFN4O4/c1-7-9(6-26)13-10(21)5-22-18-14(13)17(23-7)25-15(8(2)29-18)11-3-4-12(16(25)20)24(11)19(27)28/h5,8,11-12,15-16,26H,3-4,6H2,1-2H3,(H,27,28). The summed E-state index contributed by atoms with van der Waals surface area (Å²) in [5.74, 6) is 0.0580. The normalized spacial score (nSPS) is 30.2. The summed E-state index contributed by atoms with van der Waals surface area (Å²) >= 11 is 6.84. The molecule has 5 atom stereocenters. The van der Waals surface area contributed by atoms with Gasteiger partial charge >= 0.3 is 6.09 Å². The fourth-order valence-corrected chi connectivity index (χ4v) is 5.71. The molecule has 2 saturated heterocycles. The first kappa shape index (κ1) is 18.6. The van der Waals surface area contributed by atoms with E-state index in [9.17, 15) is 19.4 Å². The summed E-state index contributed by atoms with van der Waals surface area (Å²) in [7, 11) is 0. The van der Waals surface area contributed by atoms with Gasteiger partial charge in [0, 0.05) is 16.6 Å². The zero-order valence-electron chi connectivity index (χ0n) is 15.8. The van der Waals surface area contributed by atoms with Gasteiger partial charge in [-0.05, 0) is 26.7 Å². The average Bonchev–Trinajstić information content (AvgIpc) is 3.00. The van der Waals surface area contributed by atoms with Crippen molar-refractivity contribution in [2.45, 2.75) is 63.0 Å². The SMILES string of the molecule is Cc1nc2c3c(ncc(F)c3c1CO)OC(C)C1C3CCC(C(Cl)N21)N3C(=O)O. The topological polar surface area (TPSA) is 99.0 Å². The molecule has 3 aliphatic rings. The molecule has 2 aromatic heterocycles. The molecule has 0 aromatic carbocycles. The van der Waals surface area contributed by atoms with Crippen LogP contribution in [0.5, 0.6) is 5.88 Å². The lowest BCUT2D eigenvalue weighted by atomic mass is 9.97. The quantitative estimate of drug-likeness (QED) is 0.538. The molecule has 5 rings (SSSR count). The number of nitrogens with zero attached hydrogens (tertiary/aromatic N) is 4. The highest BCUT2D eigenvalue weighted by atomic mass is 35.5. The summed E-state index contributed by atoms with van der Waals surface area (Å²) in [5, 5.41) is 20.2. The number of fused-ring (bicyclic) bond motifs is 5. The van der Waals surface area contributed by atoms with Crippen molar-refractivity contribution in [1.29, 1.82) is 0 Å². The minimum atomic E-state index is -1.01. The smallest absolute Gasteiger partial charge is 0.407 e. The molecule has 2 aromatic rings. The van der Waals surface area contributed by atoms with Crippen molar-refractivity contribution >= 4 is 34.3 Å². The third kappa shape index (κ3) is 2.37. The number of halogens is 2. The Morgan fingerprint density at radius 3 is 2.79 bits per heavy atom. The second-order valence-electron chi connectivity index (χ2n) is 7.81. The molecule has 0 radical (unpaired) electrons. The molecular weight excluding hydrogens is 403 g/mol. The van der Waals surface area contributed by atoms with E-state index in [1.165, 1.54) is 4.90 Å². The third-order valence-electron chi connectivity index (χ3n) is 6.41. The molecule has 2 N–H and O–H groups in total. The number of ether oxygens (including phenoxy) is 1. The maximum Gasteiger partial charge on any atom is 0.407 e. The molecule has 10 heteroatoms.